The van der Waals surface area contributed by atoms with E-state index in [4.69, 9.17) is 9.84 Å². The molecule has 0 aliphatic rings. The fourth-order valence-corrected chi connectivity index (χ4v) is 2.01. The van der Waals surface area contributed by atoms with E-state index in [2.05, 4.69) is 24.8 Å². The van der Waals surface area contributed by atoms with Crippen LogP contribution in [0.25, 0.3) is 0 Å². The molecule has 0 saturated carbocycles. The van der Waals surface area contributed by atoms with Crippen LogP contribution in [0.15, 0.2) is 30.0 Å². The zero-order valence-electron chi connectivity index (χ0n) is 14.1. The molecule has 0 aromatic heterocycles. The lowest BCUT2D eigenvalue weighted by atomic mass is 10.1. The van der Waals surface area contributed by atoms with Crippen LogP contribution in [0, 0.1) is 0 Å². The number of hydrogen-bond donors (Lipinski definition) is 1. The highest BCUT2D eigenvalue weighted by Gasteiger charge is 1.89. The van der Waals surface area contributed by atoms with Gasteiger partial charge in [-0.05, 0) is 31.4 Å². The predicted molar refractivity (Wildman–Crippen MR) is 92.1 cm³/mol. The van der Waals surface area contributed by atoms with Gasteiger partial charge < -0.3 is 9.84 Å². The van der Waals surface area contributed by atoms with E-state index in [0.29, 0.717) is 13.2 Å². The normalized spacial score (nSPS) is 10.6. The Morgan fingerprint density at radius 3 is 2.45 bits per heavy atom. The molecule has 126 valence electrons. The molecule has 0 atom stereocenters. The van der Waals surface area contributed by atoms with Crippen LogP contribution in [0.3, 0.4) is 0 Å². The van der Waals surface area contributed by atoms with Crippen LogP contribution in [0.2, 0.25) is 0 Å². The Labute approximate surface area is 135 Å². The molecule has 3 nitrogen and oxygen atoms in total. The first-order valence-electron chi connectivity index (χ1n) is 8.61. The molecule has 0 spiro atoms. The zero-order chi connectivity index (χ0) is 16.3. The van der Waals surface area contributed by atoms with Crippen molar-refractivity contribution in [3.05, 3.63) is 30.0 Å². The molecule has 0 aliphatic carbocycles. The molecule has 1 N–H and O–H groups in total. The summed E-state index contributed by atoms with van der Waals surface area (Å²) in [6, 6.07) is 0. The lowest BCUT2D eigenvalue weighted by molar-refractivity contribution is -0.135. The Balaban J connectivity index is 3.24. The Hall–Kier alpha value is -1.31. The first-order valence-corrected chi connectivity index (χ1v) is 8.61. The van der Waals surface area contributed by atoms with Crippen molar-refractivity contribution in [3.63, 3.8) is 0 Å². The maximum absolute atomic E-state index is 10.2. The van der Waals surface area contributed by atoms with Crippen LogP contribution in [0.4, 0.5) is 0 Å². The van der Waals surface area contributed by atoms with Crippen LogP contribution in [-0.4, -0.2) is 24.3 Å². The molecule has 0 fully saturated rings. The molecule has 0 amide bonds. The van der Waals surface area contributed by atoms with Crippen molar-refractivity contribution in [2.45, 2.75) is 71.1 Å². The smallest absolute Gasteiger partial charge is 0.307 e. The first-order chi connectivity index (χ1) is 10.8. The summed E-state index contributed by atoms with van der Waals surface area (Å²) in [5, 5.41) is 8.42. The number of rotatable bonds is 15. The number of ether oxygens (including phenoxy) is 1. The molecule has 0 bridgehead atoms. The highest BCUT2D eigenvalue weighted by Crippen LogP contribution is 2.08. The van der Waals surface area contributed by atoms with Gasteiger partial charge in [-0.25, -0.2) is 0 Å². The fourth-order valence-electron chi connectivity index (χ4n) is 2.01. The number of carboxylic acids is 1. The third kappa shape index (κ3) is 18.7. The number of carboxylic acid groups (broad SMARTS) is 1. The van der Waals surface area contributed by atoms with Gasteiger partial charge in [0.25, 0.3) is 0 Å². The summed E-state index contributed by atoms with van der Waals surface area (Å²) in [5.41, 5.74) is 2.83. The minimum absolute atomic E-state index is 0.0265. The predicted octanol–water partition coefficient (Wildman–Crippen LogP) is 5.28. The van der Waals surface area contributed by atoms with Gasteiger partial charge in [-0.2, -0.15) is 0 Å². The molecular weight excluding hydrogens is 276 g/mol. The quantitative estimate of drug-likeness (QED) is 0.254. The SMILES string of the molecule is CCCCCCCCCC=CCOCCC=C=CCC(=O)O. The molecule has 0 radical (unpaired) electrons. The summed E-state index contributed by atoms with van der Waals surface area (Å²) in [4.78, 5) is 10.2. The highest BCUT2D eigenvalue weighted by molar-refractivity contribution is 5.68. The average molecular weight is 308 g/mol. The van der Waals surface area contributed by atoms with Crippen molar-refractivity contribution < 1.29 is 14.6 Å². The molecule has 3 heteroatoms. The second-order valence-electron chi connectivity index (χ2n) is 5.42. The van der Waals surface area contributed by atoms with Gasteiger partial charge in [-0.3, -0.25) is 4.79 Å². The maximum Gasteiger partial charge on any atom is 0.307 e. The van der Waals surface area contributed by atoms with Gasteiger partial charge in [-0.15, -0.1) is 5.73 Å². The molecule has 0 saturated heterocycles. The second-order valence-corrected chi connectivity index (χ2v) is 5.42. The van der Waals surface area contributed by atoms with Gasteiger partial charge in [0.05, 0.1) is 19.6 Å². The lowest BCUT2D eigenvalue weighted by Crippen LogP contribution is -1.92. The second kappa shape index (κ2) is 17.7. The third-order valence-corrected chi connectivity index (χ3v) is 3.27. The molecular formula is C19H32O3. The van der Waals surface area contributed by atoms with Gasteiger partial charge in [0.15, 0.2) is 0 Å². The van der Waals surface area contributed by atoms with Gasteiger partial charge in [0.1, 0.15) is 0 Å². The van der Waals surface area contributed by atoms with E-state index in [-0.39, 0.29) is 6.42 Å². The van der Waals surface area contributed by atoms with E-state index in [1.807, 2.05) is 6.08 Å². The van der Waals surface area contributed by atoms with Gasteiger partial charge >= 0.3 is 5.97 Å². The molecule has 0 aliphatic heterocycles. The summed E-state index contributed by atoms with van der Waals surface area (Å²) in [6.07, 6.45) is 19.0. The molecule has 22 heavy (non-hydrogen) atoms. The van der Waals surface area contributed by atoms with E-state index < -0.39 is 5.97 Å². The van der Waals surface area contributed by atoms with Crippen LogP contribution < -0.4 is 0 Å². The van der Waals surface area contributed by atoms with E-state index in [9.17, 15) is 4.79 Å². The van der Waals surface area contributed by atoms with Gasteiger partial charge in [0, 0.05) is 0 Å². The zero-order valence-corrected chi connectivity index (χ0v) is 14.1. The van der Waals surface area contributed by atoms with Crippen LogP contribution >= 0.6 is 0 Å². The monoisotopic (exact) mass is 308 g/mol. The summed E-state index contributed by atoms with van der Waals surface area (Å²) >= 11 is 0. The minimum Gasteiger partial charge on any atom is -0.481 e. The van der Waals surface area contributed by atoms with Crippen molar-refractivity contribution in [2.75, 3.05) is 13.2 Å². The van der Waals surface area contributed by atoms with E-state index in [1.54, 1.807) is 0 Å². The molecule has 0 unspecified atom stereocenters. The number of unbranched alkanes of at least 4 members (excludes halogenated alkanes) is 7. The first kappa shape index (κ1) is 20.7. The molecule has 0 heterocycles. The van der Waals surface area contributed by atoms with Gasteiger partial charge in [0.2, 0.25) is 0 Å². The van der Waals surface area contributed by atoms with Crippen LogP contribution in [0.5, 0.6) is 0 Å². The van der Waals surface area contributed by atoms with Crippen molar-refractivity contribution in [3.8, 4) is 0 Å². The van der Waals surface area contributed by atoms with E-state index in [1.165, 1.54) is 51.0 Å². The topological polar surface area (TPSA) is 46.5 Å². The summed E-state index contributed by atoms with van der Waals surface area (Å²) < 4.78 is 5.45. The van der Waals surface area contributed by atoms with Crippen molar-refractivity contribution in [2.24, 2.45) is 0 Å². The molecule has 0 aromatic carbocycles. The standard InChI is InChI=1S/C19H32O3/c1-2-3-4-5-6-7-8-9-11-14-17-22-18-15-12-10-13-16-19(20)21/h11-14H,2-9,15-18H2,1H3,(H,20,21). The fraction of sp³-hybridized carbons (Fsp3) is 0.684. The Bertz CT molecular complexity index is 339. The summed E-state index contributed by atoms with van der Waals surface area (Å²) in [5.74, 6) is -0.830. The largest absolute Gasteiger partial charge is 0.481 e. The van der Waals surface area contributed by atoms with Gasteiger partial charge in [-0.1, -0.05) is 57.6 Å². The molecule has 0 aromatic rings. The van der Waals surface area contributed by atoms with Crippen LogP contribution in [0.1, 0.15) is 71.1 Å². The number of allylic oxidation sites excluding steroid dienone is 1. The number of hydrogen-bond acceptors (Lipinski definition) is 2. The van der Waals surface area contributed by atoms with Crippen molar-refractivity contribution in [1.29, 1.82) is 0 Å². The minimum atomic E-state index is -0.830. The lowest BCUT2D eigenvalue weighted by Gasteiger charge is -1.99. The molecule has 0 rings (SSSR count). The van der Waals surface area contributed by atoms with E-state index in [0.717, 1.165) is 12.8 Å². The summed E-state index contributed by atoms with van der Waals surface area (Å²) in [7, 11) is 0. The van der Waals surface area contributed by atoms with Crippen molar-refractivity contribution in [1.82, 2.24) is 0 Å². The summed E-state index contributed by atoms with van der Waals surface area (Å²) in [6.45, 7) is 3.55. The number of aliphatic carboxylic acids is 1. The number of carbonyl (C=O) groups is 1. The van der Waals surface area contributed by atoms with Crippen molar-refractivity contribution >= 4 is 5.97 Å². The highest BCUT2D eigenvalue weighted by atomic mass is 16.5. The third-order valence-electron chi connectivity index (χ3n) is 3.27. The Morgan fingerprint density at radius 1 is 1.00 bits per heavy atom. The Kier molecular flexibility index (Phi) is 16.7. The van der Waals surface area contributed by atoms with Crippen LogP contribution in [-0.2, 0) is 9.53 Å². The van der Waals surface area contributed by atoms with E-state index >= 15 is 0 Å². The maximum atomic E-state index is 10.2. The average Bonchev–Trinajstić information content (AvgIpc) is 2.50. The Morgan fingerprint density at radius 2 is 1.73 bits per heavy atom.